The van der Waals surface area contributed by atoms with Gasteiger partial charge in [-0.25, -0.2) is 13.1 Å². The molecule has 8 heteroatoms. The molecule has 0 bridgehead atoms. The number of sulfonamides is 1. The Balaban J connectivity index is 1.70. The maximum absolute atomic E-state index is 13.0. The van der Waals surface area contributed by atoms with Crippen molar-refractivity contribution in [2.75, 3.05) is 27.8 Å². The average Bonchev–Trinajstić information content (AvgIpc) is 2.86. The van der Waals surface area contributed by atoms with Gasteiger partial charge in [0, 0.05) is 25.7 Å². The molecule has 1 N–H and O–H groups in total. The first-order chi connectivity index (χ1) is 16.2. The quantitative estimate of drug-likeness (QED) is 0.475. The molecule has 0 heterocycles. The highest BCUT2D eigenvalue weighted by molar-refractivity contribution is 7.89. The zero-order valence-corrected chi connectivity index (χ0v) is 20.7. The summed E-state index contributed by atoms with van der Waals surface area (Å²) < 4.78 is 39.1. The first-order valence-electron chi connectivity index (χ1n) is 10.9. The lowest BCUT2D eigenvalue weighted by Gasteiger charge is -2.19. The second-order valence-corrected chi connectivity index (χ2v) is 9.69. The average molecular weight is 483 g/mol. The number of nitrogens with zero attached hydrogens (tertiary/aromatic N) is 1. The number of nitrogens with one attached hydrogen (secondary N) is 1. The van der Waals surface area contributed by atoms with Crippen molar-refractivity contribution in [1.29, 1.82) is 0 Å². The normalized spacial score (nSPS) is 11.2. The predicted molar refractivity (Wildman–Crippen MR) is 132 cm³/mol. The van der Waals surface area contributed by atoms with E-state index in [2.05, 4.69) is 4.72 Å². The van der Waals surface area contributed by atoms with Crippen LogP contribution in [0.1, 0.15) is 27.0 Å². The molecule has 0 saturated carbocycles. The highest BCUT2D eigenvalue weighted by Gasteiger charge is 2.20. The molecule has 1 amide bonds. The Bertz CT molecular complexity index is 1240. The number of hydrogen-bond acceptors (Lipinski definition) is 5. The van der Waals surface area contributed by atoms with Gasteiger partial charge in [0.1, 0.15) is 0 Å². The summed E-state index contributed by atoms with van der Waals surface area (Å²) in [5.41, 5.74) is 2.74. The molecule has 3 aromatic carbocycles. The highest BCUT2D eigenvalue weighted by Crippen LogP contribution is 2.27. The summed E-state index contributed by atoms with van der Waals surface area (Å²) in [4.78, 5) is 14.7. The van der Waals surface area contributed by atoms with Gasteiger partial charge in [-0.1, -0.05) is 42.5 Å². The molecule has 0 aliphatic rings. The number of carbonyl (C=O) groups is 1. The maximum atomic E-state index is 13.0. The maximum Gasteiger partial charge on any atom is 0.253 e. The van der Waals surface area contributed by atoms with Crippen molar-refractivity contribution in [1.82, 2.24) is 9.62 Å². The topological polar surface area (TPSA) is 84.9 Å². The summed E-state index contributed by atoms with van der Waals surface area (Å²) in [6, 6.07) is 19.7. The third-order valence-electron chi connectivity index (χ3n) is 5.56. The zero-order valence-electron chi connectivity index (χ0n) is 19.9. The number of amides is 1. The molecule has 0 aliphatic carbocycles. The van der Waals surface area contributed by atoms with Gasteiger partial charge in [0.2, 0.25) is 10.0 Å². The molecule has 3 aromatic rings. The van der Waals surface area contributed by atoms with Crippen LogP contribution in [0.15, 0.2) is 71.6 Å². The summed E-state index contributed by atoms with van der Waals surface area (Å²) in [5, 5.41) is 0. The van der Waals surface area contributed by atoms with Gasteiger partial charge in [-0.2, -0.15) is 0 Å². The Labute approximate surface area is 201 Å². The summed E-state index contributed by atoms with van der Waals surface area (Å²) in [7, 11) is 1.07. The minimum Gasteiger partial charge on any atom is -0.493 e. The number of methoxy groups -OCH3 is 2. The molecular weight excluding hydrogens is 452 g/mol. The van der Waals surface area contributed by atoms with E-state index in [1.165, 1.54) is 6.07 Å². The molecule has 0 spiro atoms. The fourth-order valence-corrected chi connectivity index (χ4v) is 4.82. The number of ether oxygens (including phenoxy) is 2. The lowest BCUT2D eigenvalue weighted by atomic mass is 10.1. The molecule has 180 valence electrons. The van der Waals surface area contributed by atoms with Gasteiger partial charge in [0.05, 0.1) is 19.1 Å². The fourth-order valence-electron chi connectivity index (χ4n) is 3.53. The molecule has 34 heavy (non-hydrogen) atoms. The van der Waals surface area contributed by atoms with E-state index in [0.717, 1.165) is 11.1 Å². The smallest absolute Gasteiger partial charge is 0.253 e. The van der Waals surface area contributed by atoms with Crippen LogP contribution < -0.4 is 14.2 Å². The van der Waals surface area contributed by atoms with Crippen molar-refractivity contribution in [2.45, 2.75) is 24.8 Å². The number of benzene rings is 3. The van der Waals surface area contributed by atoms with E-state index in [4.69, 9.17) is 9.47 Å². The van der Waals surface area contributed by atoms with Crippen LogP contribution in [0.25, 0.3) is 0 Å². The van der Waals surface area contributed by atoms with Crippen LogP contribution in [-0.2, 0) is 23.0 Å². The Hall–Kier alpha value is -3.36. The van der Waals surface area contributed by atoms with Crippen LogP contribution in [-0.4, -0.2) is 47.0 Å². The number of likely N-dealkylation sites (N-methyl/N-ethyl adjacent to an activating group) is 1. The van der Waals surface area contributed by atoms with Crippen LogP contribution in [0.4, 0.5) is 0 Å². The first-order valence-corrected chi connectivity index (χ1v) is 12.3. The molecule has 3 rings (SSSR count). The largest absolute Gasteiger partial charge is 0.493 e. The number of hydrogen-bond donors (Lipinski definition) is 1. The van der Waals surface area contributed by atoms with E-state index < -0.39 is 10.0 Å². The minimum absolute atomic E-state index is 0.0996. The molecule has 0 saturated heterocycles. The molecule has 0 fully saturated rings. The third-order valence-corrected chi connectivity index (χ3v) is 7.11. The number of aryl methyl sites for hydroxylation is 1. The lowest BCUT2D eigenvalue weighted by Crippen LogP contribution is -2.29. The van der Waals surface area contributed by atoms with E-state index in [0.29, 0.717) is 35.6 Å². The van der Waals surface area contributed by atoms with Crippen LogP contribution in [0.5, 0.6) is 11.5 Å². The van der Waals surface area contributed by atoms with Crippen molar-refractivity contribution in [3.8, 4) is 11.5 Å². The van der Waals surface area contributed by atoms with E-state index in [1.807, 2.05) is 48.5 Å². The molecule has 0 atom stereocenters. The molecule has 0 unspecified atom stereocenters. The molecule has 7 nitrogen and oxygen atoms in total. The Morgan fingerprint density at radius 1 is 0.912 bits per heavy atom. The van der Waals surface area contributed by atoms with Crippen molar-refractivity contribution in [2.24, 2.45) is 0 Å². The molecule has 0 radical (unpaired) electrons. The SMILES string of the molecule is COc1ccc(CCN(C)C(=O)c2ccc(C)c(S(=O)(=O)NCc3ccccc3)c2)cc1OC. The first kappa shape index (κ1) is 25.3. The van der Waals surface area contributed by atoms with E-state index in [-0.39, 0.29) is 17.3 Å². The Morgan fingerprint density at radius 2 is 1.62 bits per heavy atom. The number of rotatable bonds is 10. The number of carbonyl (C=O) groups excluding carboxylic acids is 1. The lowest BCUT2D eigenvalue weighted by molar-refractivity contribution is 0.0796. The van der Waals surface area contributed by atoms with Crippen molar-refractivity contribution < 1.29 is 22.7 Å². The van der Waals surface area contributed by atoms with Gasteiger partial charge in [0.25, 0.3) is 5.91 Å². The van der Waals surface area contributed by atoms with Gasteiger partial charge >= 0.3 is 0 Å². The van der Waals surface area contributed by atoms with Crippen LogP contribution in [0.3, 0.4) is 0 Å². The van der Waals surface area contributed by atoms with Crippen molar-refractivity contribution >= 4 is 15.9 Å². The van der Waals surface area contributed by atoms with E-state index in [1.54, 1.807) is 45.2 Å². The molecular formula is C26H30N2O5S. The van der Waals surface area contributed by atoms with Gasteiger partial charge in [-0.3, -0.25) is 4.79 Å². The van der Waals surface area contributed by atoms with Crippen LogP contribution in [0.2, 0.25) is 0 Å². The zero-order chi connectivity index (χ0) is 24.7. The standard InChI is InChI=1S/C26H30N2O5S/c1-19-10-12-22(17-25(19)34(30,31)27-18-21-8-6-5-7-9-21)26(29)28(2)15-14-20-11-13-23(32-3)24(16-20)33-4/h5-13,16-17,27H,14-15,18H2,1-4H3. The van der Waals surface area contributed by atoms with Gasteiger partial charge in [-0.15, -0.1) is 0 Å². The molecule has 0 aliphatic heterocycles. The summed E-state index contributed by atoms with van der Waals surface area (Å²) in [6.07, 6.45) is 0.609. The molecule has 0 aromatic heterocycles. The predicted octanol–water partition coefficient (Wildman–Crippen LogP) is 3.81. The summed E-state index contributed by atoms with van der Waals surface area (Å²) in [6.45, 7) is 2.34. The monoisotopic (exact) mass is 482 g/mol. The van der Waals surface area contributed by atoms with Crippen LogP contribution in [0, 0.1) is 6.92 Å². The summed E-state index contributed by atoms with van der Waals surface area (Å²) >= 11 is 0. The van der Waals surface area contributed by atoms with Gasteiger partial charge in [-0.05, 0) is 54.3 Å². The third kappa shape index (κ3) is 6.15. The van der Waals surface area contributed by atoms with Gasteiger partial charge < -0.3 is 14.4 Å². The minimum atomic E-state index is -3.79. The highest BCUT2D eigenvalue weighted by atomic mass is 32.2. The second kappa shape index (κ2) is 11.2. The second-order valence-electron chi connectivity index (χ2n) is 7.96. The Morgan fingerprint density at radius 3 is 2.29 bits per heavy atom. The van der Waals surface area contributed by atoms with E-state index in [9.17, 15) is 13.2 Å². The fraction of sp³-hybridized carbons (Fsp3) is 0.269. The van der Waals surface area contributed by atoms with E-state index >= 15 is 0 Å². The van der Waals surface area contributed by atoms with Gasteiger partial charge in [0.15, 0.2) is 11.5 Å². The summed E-state index contributed by atoms with van der Waals surface area (Å²) in [5.74, 6) is 1.02. The van der Waals surface area contributed by atoms with Crippen molar-refractivity contribution in [3.05, 3.63) is 89.0 Å². The van der Waals surface area contributed by atoms with Crippen molar-refractivity contribution in [3.63, 3.8) is 0 Å². The van der Waals surface area contributed by atoms with Crippen LogP contribution >= 0.6 is 0 Å². The Kier molecular flexibility index (Phi) is 8.31.